The van der Waals surface area contributed by atoms with Crippen molar-refractivity contribution in [2.75, 3.05) is 6.54 Å². The van der Waals surface area contributed by atoms with Crippen molar-refractivity contribution in [3.8, 4) is 0 Å². The minimum Gasteiger partial charge on any atom is -0.326 e. The Kier molecular flexibility index (Phi) is 1.97. The second-order valence-corrected chi connectivity index (χ2v) is 2.56. The van der Waals surface area contributed by atoms with Crippen molar-refractivity contribution in [3.63, 3.8) is 0 Å². The summed E-state index contributed by atoms with van der Waals surface area (Å²) in [7, 11) is 0. The number of hydrogen-bond acceptors (Lipinski definition) is 3. The van der Waals surface area contributed by atoms with Crippen LogP contribution in [-0.2, 0) is 0 Å². The van der Waals surface area contributed by atoms with E-state index in [0.717, 1.165) is 10.5 Å². The van der Waals surface area contributed by atoms with Gasteiger partial charge in [-0.3, -0.25) is 4.98 Å². The van der Waals surface area contributed by atoms with Crippen molar-refractivity contribution < 1.29 is 0 Å². The van der Waals surface area contributed by atoms with E-state index >= 15 is 0 Å². The maximum atomic E-state index is 5.34. The predicted octanol–water partition coefficient (Wildman–Crippen LogP) is 1.11. The summed E-state index contributed by atoms with van der Waals surface area (Å²) >= 11 is 1.56. The fourth-order valence-corrected chi connectivity index (χ4v) is 1.10. The summed E-state index contributed by atoms with van der Waals surface area (Å²) in [5.74, 6) is 0. The summed E-state index contributed by atoms with van der Waals surface area (Å²) in [5.41, 5.74) is 8.07. The topological polar surface area (TPSA) is 38.9 Å². The van der Waals surface area contributed by atoms with E-state index < -0.39 is 0 Å². The molecule has 48 valence electrons. The van der Waals surface area contributed by atoms with Crippen LogP contribution in [0.2, 0.25) is 0 Å². The molecule has 3 heteroatoms. The van der Waals surface area contributed by atoms with Crippen LogP contribution in [0.1, 0.15) is 4.88 Å². The number of nitrogens with two attached hydrogens (primary N) is 1. The van der Waals surface area contributed by atoms with Crippen molar-refractivity contribution in [1.29, 1.82) is 0 Å². The minimum absolute atomic E-state index is 0.516. The quantitative estimate of drug-likeness (QED) is 0.668. The highest BCUT2D eigenvalue weighted by molar-refractivity contribution is 7.10. The van der Waals surface area contributed by atoms with Crippen molar-refractivity contribution in [1.82, 2.24) is 4.98 Å². The van der Waals surface area contributed by atoms with Gasteiger partial charge in [-0.15, -0.1) is 11.3 Å². The molecule has 9 heavy (non-hydrogen) atoms. The number of aromatic nitrogens is 1. The molecule has 0 amide bonds. The maximum Gasteiger partial charge on any atom is 0.0797 e. The molecule has 0 aliphatic rings. The Morgan fingerprint density at radius 1 is 1.89 bits per heavy atom. The molecular formula is C6H8N2S. The molecule has 0 atom stereocenters. The summed E-state index contributed by atoms with van der Waals surface area (Å²) in [4.78, 5) is 4.97. The van der Waals surface area contributed by atoms with Crippen LogP contribution in [0.5, 0.6) is 0 Å². The van der Waals surface area contributed by atoms with Gasteiger partial charge in [0.05, 0.1) is 10.4 Å². The second-order valence-electron chi connectivity index (χ2n) is 1.67. The Hall–Kier alpha value is -0.670. The van der Waals surface area contributed by atoms with Crippen molar-refractivity contribution in [2.24, 2.45) is 5.73 Å². The molecule has 0 spiro atoms. The average Bonchev–Trinajstić information content (AvgIpc) is 2.37. The third-order valence-corrected chi connectivity index (χ3v) is 1.90. The first-order chi connectivity index (χ1) is 4.34. The lowest BCUT2D eigenvalue weighted by atomic mass is 10.3. The maximum absolute atomic E-state index is 5.34. The Bertz CT molecular complexity index is 191. The van der Waals surface area contributed by atoms with Crippen molar-refractivity contribution in [2.45, 2.75) is 0 Å². The summed E-state index contributed by atoms with van der Waals surface area (Å²) in [6, 6.07) is 0. The first kappa shape index (κ1) is 6.45. The van der Waals surface area contributed by atoms with Crippen LogP contribution in [0.3, 0.4) is 0 Å². The third-order valence-electron chi connectivity index (χ3n) is 1.03. The number of rotatable bonds is 2. The van der Waals surface area contributed by atoms with Crippen LogP contribution in [-0.4, -0.2) is 11.5 Å². The van der Waals surface area contributed by atoms with E-state index in [2.05, 4.69) is 11.6 Å². The molecular weight excluding hydrogens is 132 g/mol. The molecule has 0 radical (unpaired) electrons. The first-order valence-electron chi connectivity index (χ1n) is 2.61. The number of thiazole rings is 1. The Balaban J connectivity index is 2.77. The van der Waals surface area contributed by atoms with Gasteiger partial charge >= 0.3 is 0 Å². The van der Waals surface area contributed by atoms with Gasteiger partial charge in [-0.05, 0) is 5.57 Å². The zero-order chi connectivity index (χ0) is 6.69. The monoisotopic (exact) mass is 140 g/mol. The van der Waals surface area contributed by atoms with Gasteiger partial charge in [0.15, 0.2) is 0 Å². The Labute approximate surface area is 58.0 Å². The van der Waals surface area contributed by atoms with E-state index in [1.165, 1.54) is 0 Å². The van der Waals surface area contributed by atoms with Crippen LogP contribution >= 0.6 is 11.3 Å². The molecule has 0 unspecified atom stereocenters. The highest BCUT2D eigenvalue weighted by Crippen LogP contribution is 2.14. The van der Waals surface area contributed by atoms with Crippen LogP contribution in [0.4, 0.5) is 0 Å². The van der Waals surface area contributed by atoms with E-state index in [1.807, 2.05) is 0 Å². The molecule has 1 rings (SSSR count). The SMILES string of the molecule is C=C(CN)c1cncs1. The molecule has 0 aliphatic carbocycles. The van der Waals surface area contributed by atoms with Crippen LogP contribution in [0, 0.1) is 0 Å². The molecule has 1 aromatic heterocycles. The fraction of sp³-hybridized carbons (Fsp3) is 0.167. The lowest BCUT2D eigenvalue weighted by Gasteiger charge is -1.92. The highest BCUT2D eigenvalue weighted by Gasteiger charge is 1.95. The van der Waals surface area contributed by atoms with Gasteiger partial charge in [0.2, 0.25) is 0 Å². The fourth-order valence-electron chi connectivity index (χ4n) is 0.491. The average molecular weight is 140 g/mol. The largest absolute Gasteiger partial charge is 0.326 e. The van der Waals surface area contributed by atoms with Crippen molar-refractivity contribution in [3.05, 3.63) is 23.2 Å². The second kappa shape index (κ2) is 2.75. The van der Waals surface area contributed by atoms with Crippen LogP contribution in [0.15, 0.2) is 18.3 Å². The number of hydrogen-bond donors (Lipinski definition) is 1. The van der Waals surface area contributed by atoms with Gasteiger partial charge in [0.1, 0.15) is 0 Å². The summed E-state index contributed by atoms with van der Waals surface area (Å²) in [6.45, 7) is 4.28. The molecule has 0 aliphatic heterocycles. The molecule has 2 nitrogen and oxygen atoms in total. The van der Waals surface area contributed by atoms with E-state index in [9.17, 15) is 0 Å². The van der Waals surface area contributed by atoms with E-state index in [0.29, 0.717) is 6.54 Å². The summed E-state index contributed by atoms with van der Waals surface area (Å²) < 4.78 is 0. The number of nitrogens with zero attached hydrogens (tertiary/aromatic N) is 1. The summed E-state index contributed by atoms with van der Waals surface area (Å²) in [5, 5.41) is 0. The predicted molar refractivity (Wildman–Crippen MR) is 40.2 cm³/mol. The lowest BCUT2D eigenvalue weighted by Crippen LogP contribution is -1.98. The molecule has 1 aromatic rings. The van der Waals surface area contributed by atoms with Crippen molar-refractivity contribution >= 4 is 16.9 Å². The van der Waals surface area contributed by atoms with Crippen LogP contribution in [0.25, 0.3) is 5.57 Å². The first-order valence-corrected chi connectivity index (χ1v) is 3.49. The smallest absolute Gasteiger partial charge is 0.0797 e. The Morgan fingerprint density at radius 2 is 2.67 bits per heavy atom. The Morgan fingerprint density at radius 3 is 3.11 bits per heavy atom. The van der Waals surface area contributed by atoms with Gasteiger partial charge in [-0.2, -0.15) is 0 Å². The third kappa shape index (κ3) is 1.37. The highest BCUT2D eigenvalue weighted by atomic mass is 32.1. The molecule has 0 aromatic carbocycles. The minimum atomic E-state index is 0.516. The molecule has 0 saturated heterocycles. The molecule has 1 heterocycles. The summed E-state index contributed by atoms with van der Waals surface area (Å²) in [6.07, 6.45) is 1.78. The zero-order valence-electron chi connectivity index (χ0n) is 5.00. The van der Waals surface area contributed by atoms with Gasteiger partial charge in [-0.1, -0.05) is 6.58 Å². The molecule has 0 saturated carbocycles. The normalized spacial score (nSPS) is 9.44. The van der Waals surface area contributed by atoms with E-state index in [1.54, 1.807) is 23.0 Å². The van der Waals surface area contributed by atoms with Crippen LogP contribution < -0.4 is 5.73 Å². The zero-order valence-corrected chi connectivity index (χ0v) is 5.82. The van der Waals surface area contributed by atoms with Gasteiger partial charge in [0, 0.05) is 12.7 Å². The lowest BCUT2D eigenvalue weighted by molar-refractivity contribution is 1.27. The van der Waals surface area contributed by atoms with E-state index in [4.69, 9.17) is 5.73 Å². The van der Waals surface area contributed by atoms with E-state index in [-0.39, 0.29) is 0 Å². The molecule has 0 fully saturated rings. The molecule has 2 N–H and O–H groups in total. The van der Waals surface area contributed by atoms with Gasteiger partial charge < -0.3 is 5.73 Å². The van der Waals surface area contributed by atoms with Gasteiger partial charge in [-0.25, -0.2) is 0 Å². The standard InChI is InChI=1S/C6H8N2S/c1-5(2-7)6-3-8-4-9-6/h3-4H,1-2,7H2. The van der Waals surface area contributed by atoms with Gasteiger partial charge in [0.25, 0.3) is 0 Å². The molecule has 0 bridgehead atoms.